The highest BCUT2D eigenvalue weighted by Gasteiger charge is 2.21. The predicted molar refractivity (Wildman–Crippen MR) is 143 cm³/mol. The van der Waals surface area contributed by atoms with Crippen molar-refractivity contribution in [3.63, 3.8) is 0 Å². The number of aromatic amines is 1. The summed E-state index contributed by atoms with van der Waals surface area (Å²) < 4.78 is 4.82. The van der Waals surface area contributed by atoms with Gasteiger partial charge in [0, 0.05) is 41.7 Å². The number of benzene rings is 3. The fourth-order valence-corrected chi connectivity index (χ4v) is 4.57. The van der Waals surface area contributed by atoms with Gasteiger partial charge in [-0.2, -0.15) is 0 Å². The topological polar surface area (TPSA) is 107 Å². The monoisotopic (exact) mass is 496 g/mol. The lowest BCUT2D eigenvalue weighted by atomic mass is 10.00. The lowest BCUT2D eigenvalue weighted by Crippen LogP contribution is -2.34. The summed E-state index contributed by atoms with van der Waals surface area (Å²) in [7, 11) is 1.33. The van der Waals surface area contributed by atoms with Gasteiger partial charge in [-0.25, -0.2) is 9.79 Å². The third-order valence-corrected chi connectivity index (χ3v) is 6.47. The lowest BCUT2D eigenvalue weighted by molar-refractivity contribution is 0.0600. The quantitative estimate of drug-likeness (QED) is 0.283. The summed E-state index contributed by atoms with van der Waals surface area (Å²) in [6.07, 6.45) is 0.934. The van der Waals surface area contributed by atoms with Gasteiger partial charge in [-0.3, -0.25) is 4.79 Å². The molecule has 1 saturated heterocycles. The van der Waals surface area contributed by atoms with Crippen LogP contribution in [0.5, 0.6) is 5.88 Å². The van der Waals surface area contributed by atoms with Crippen molar-refractivity contribution in [3.05, 3.63) is 95.1 Å². The molecule has 1 fully saturated rings. The number of ether oxygens (including phenoxy) is 1. The first-order valence-corrected chi connectivity index (χ1v) is 12.2. The molecule has 0 aliphatic carbocycles. The van der Waals surface area contributed by atoms with Crippen LogP contribution in [0.15, 0.2) is 77.8 Å². The Kier molecular flexibility index (Phi) is 7.00. The molecule has 37 heavy (non-hydrogen) atoms. The van der Waals surface area contributed by atoms with Crippen molar-refractivity contribution in [1.82, 2.24) is 15.2 Å². The van der Waals surface area contributed by atoms with E-state index in [1.165, 1.54) is 7.11 Å². The Morgan fingerprint density at radius 1 is 0.919 bits per heavy atom. The molecule has 0 radical (unpaired) electrons. The molecule has 0 spiro atoms. The number of nitrogens with one attached hydrogen (secondary N) is 2. The molecule has 2 heterocycles. The van der Waals surface area contributed by atoms with Crippen LogP contribution in [0.2, 0.25) is 0 Å². The molecule has 1 aliphatic rings. The largest absolute Gasteiger partial charge is 0.494 e. The van der Waals surface area contributed by atoms with Gasteiger partial charge in [0.1, 0.15) is 0 Å². The van der Waals surface area contributed by atoms with Gasteiger partial charge >= 0.3 is 5.97 Å². The molecule has 0 unspecified atom stereocenters. The second-order valence-electron chi connectivity index (χ2n) is 8.87. The Labute approximate surface area is 214 Å². The van der Waals surface area contributed by atoms with Gasteiger partial charge in [-0.15, -0.1) is 0 Å². The van der Waals surface area contributed by atoms with Crippen molar-refractivity contribution in [2.24, 2.45) is 4.99 Å². The summed E-state index contributed by atoms with van der Waals surface area (Å²) in [4.78, 5) is 34.7. The van der Waals surface area contributed by atoms with E-state index in [4.69, 9.17) is 9.73 Å². The van der Waals surface area contributed by atoms with E-state index in [2.05, 4.69) is 10.3 Å². The molecule has 4 aromatic rings. The molecular formula is C29H28N4O4. The summed E-state index contributed by atoms with van der Waals surface area (Å²) in [6.45, 7) is 3.14. The van der Waals surface area contributed by atoms with Crippen LogP contribution in [0.4, 0.5) is 5.69 Å². The van der Waals surface area contributed by atoms with Gasteiger partial charge in [0.2, 0.25) is 0 Å². The SMILES string of the molecule is COC(=O)c1ccc2c(C(=Nc3ccc(C(=O)N4CCCNCC4)cc3)c3ccccc3)c(O)[nH]c2c1. The minimum atomic E-state index is -0.458. The van der Waals surface area contributed by atoms with Crippen molar-refractivity contribution in [2.45, 2.75) is 6.42 Å². The Hall–Kier alpha value is -4.43. The van der Waals surface area contributed by atoms with Crippen molar-refractivity contribution in [2.75, 3.05) is 33.3 Å². The number of hydrogen-bond acceptors (Lipinski definition) is 6. The maximum absolute atomic E-state index is 13.0. The van der Waals surface area contributed by atoms with E-state index >= 15 is 0 Å². The average Bonchev–Trinajstić information content (AvgIpc) is 3.08. The fraction of sp³-hybridized carbons (Fsp3) is 0.207. The number of amides is 1. The van der Waals surface area contributed by atoms with E-state index in [1.54, 1.807) is 30.3 Å². The molecule has 5 rings (SSSR count). The van der Waals surface area contributed by atoms with E-state index in [0.717, 1.165) is 31.6 Å². The molecule has 1 aliphatic heterocycles. The summed E-state index contributed by atoms with van der Waals surface area (Å²) in [5, 5.41) is 14.9. The van der Waals surface area contributed by atoms with Crippen LogP contribution >= 0.6 is 0 Å². The number of esters is 1. The van der Waals surface area contributed by atoms with Crippen molar-refractivity contribution in [1.29, 1.82) is 0 Å². The third kappa shape index (κ3) is 5.10. The van der Waals surface area contributed by atoms with Crippen LogP contribution in [0.25, 0.3) is 10.9 Å². The number of aromatic nitrogens is 1. The summed E-state index contributed by atoms with van der Waals surface area (Å²) >= 11 is 0. The maximum atomic E-state index is 13.0. The molecule has 1 amide bonds. The summed E-state index contributed by atoms with van der Waals surface area (Å²) in [5.41, 5.74) is 4.13. The van der Waals surface area contributed by atoms with Gasteiger partial charge < -0.3 is 25.0 Å². The highest BCUT2D eigenvalue weighted by molar-refractivity contribution is 6.22. The minimum absolute atomic E-state index is 0.0122. The molecule has 3 aromatic carbocycles. The molecule has 0 atom stereocenters. The first-order valence-electron chi connectivity index (χ1n) is 12.2. The van der Waals surface area contributed by atoms with E-state index in [1.807, 2.05) is 47.4 Å². The second kappa shape index (κ2) is 10.7. The molecule has 8 heteroatoms. The van der Waals surface area contributed by atoms with E-state index in [-0.39, 0.29) is 11.8 Å². The summed E-state index contributed by atoms with van der Waals surface area (Å²) in [6, 6.07) is 21.9. The Bertz CT molecular complexity index is 1450. The Morgan fingerprint density at radius 3 is 2.43 bits per heavy atom. The number of methoxy groups -OCH3 is 1. The highest BCUT2D eigenvalue weighted by Crippen LogP contribution is 2.32. The predicted octanol–water partition coefficient (Wildman–Crippen LogP) is 4.26. The molecule has 1 aromatic heterocycles. The van der Waals surface area contributed by atoms with Gasteiger partial charge in [0.15, 0.2) is 5.88 Å². The molecular weight excluding hydrogens is 468 g/mol. The van der Waals surface area contributed by atoms with Crippen LogP contribution in [0.3, 0.4) is 0 Å². The fourth-order valence-electron chi connectivity index (χ4n) is 4.57. The third-order valence-electron chi connectivity index (χ3n) is 6.47. The minimum Gasteiger partial charge on any atom is -0.494 e. The van der Waals surface area contributed by atoms with E-state index in [0.29, 0.717) is 45.5 Å². The molecule has 3 N–H and O–H groups in total. The van der Waals surface area contributed by atoms with Crippen molar-refractivity contribution in [3.8, 4) is 5.88 Å². The van der Waals surface area contributed by atoms with Crippen LogP contribution in [-0.4, -0.2) is 65.9 Å². The van der Waals surface area contributed by atoms with Gasteiger partial charge in [0.05, 0.1) is 29.6 Å². The number of carbonyl (C=O) groups excluding carboxylic acids is 2. The van der Waals surface area contributed by atoms with E-state index in [9.17, 15) is 14.7 Å². The summed E-state index contributed by atoms with van der Waals surface area (Å²) in [5.74, 6) is -0.500. The number of nitrogens with zero attached hydrogens (tertiary/aromatic N) is 2. The number of hydrogen-bond donors (Lipinski definition) is 3. The number of rotatable bonds is 5. The normalized spacial score (nSPS) is 14.4. The van der Waals surface area contributed by atoms with Gasteiger partial charge in [0.25, 0.3) is 5.91 Å². The number of aromatic hydroxyl groups is 1. The Balaban J connectivity index is 1.54. The first kappa shape index (κ1) is 24.3. The van der Waals surface area contributed by atoms with E-state index < -0.39 is 5.97 Å². The Morgan fingerprint density at radius 2 is 1.68 bits per heavy atom. The number of aliphatic imine (C=N–C) groups is 1. The van der Waals surface area contributed by atoms with Crippen LogP contribution < -0.4 is 5.32 Å². The lowest BCUT2D eigenvalue weighted by Gasteiger charge is -2.20. The van der Waals surface area contributed by atoms with Gasteiger partial charge in [-0.1, -0.05) is 36.4 Å². The molecule has 188 valence electrons. The maximum Gasteiger partial charge on any atom is 0.337 e. The number of carbonyl (C=O) groups is 2. The smallest absolute Gasteiger partial charge is 0.337 e. The average molecular weight is 497 g/mol. The molecule has 0 bridgehead atoms. The highest BCUT2D eigenvalue weighted by atomic mass is 16.5. The number of fused-ring (bicyclic) bond motifs is 1. The van der Waals surface area contributed by atoms with Crippen LogP contribution in [0, 0.1) is 0 Å². The van der Waals surface area contributed by atoms with Crippen LogP contribution in [-0.2, 0) is 4.74 Å². The van der Waals surface area contributed by atoms with Gasteiger partial charge in [-0.05, 0) is 49.4 Å². The second-order valence-corrected chi connectivity index (χ2v) is 8.87. The number of H-pyrrole nitrogens is 1. The zero-order valence-corrected chi connectivity index (χ0v) is 20.5. The van der Waals surface area contributed by atoms with Crippen LogP contribution in [0.1, 0.15) is 38.3 Å². The zero-order chi connectivity index (χ0) is 25.8. The van der Waals surface area contributed by atoms with Crippen molar-refractivity contribution >= 4 is 34.2 Å². The molecule has 0 saturated carbocycles. The standard InChI is InChI=1S/C29H28N4O4/c1-37-29(36)21-10-13-23-24(18-21)32-27(34)25(23)26(19-6-3-2-4-7-19)31-22-11-8-20(9-12-22)28(35)33-16-5-14-30-15-17-33/h2-4,6-13,18,30,32,34H,5,14-17H2,1H3. The zero-order valence-electron chi connectivity index (χ0n) is 20.5. The molecule has 8 nitrogen and oxygen atoms in total. The first-order chi connectivity index (χ1) is 18.0. The van der Waals surface area contributed by atoms with Crippen molar-refractivity contribution < 1.29 is 19.4 Å².